The predicted octanol–water partition coefficient (Wildman–Crippen LogP) is 2.35. The first-order valence-corrected chi connectivity index (χ1v) is 9.58. The molecule has 118 valence electrons. The van der Waals surface area contributed by atoms with E-state index < -0.39 is 0 Å². The summed E-state index contributed by atoms with van der Waals surface area (Å²) in [6.45, 7) is 6.33. The maximum absolute atomic E-state index is 5.52. The van der Waals surface area contributed by atoms with Crippen LogP contribution in [0.2, 0.25) is 0 Å². The smallest absolute Gasteiger partial charge is 0.323 e. The third kappa shape index (κ3) is 5.78. The number of rotatable bonds is 8. The van der Waals surface area contributed by atoms with Gasteiger partial charge in [-0.2, -0.15) is 38.5 Å². The van der Waals surface area contributed by atoms with E-state index in [1.807, 2.05) is 30.4 Å². The Bertz CT molecular complexity index is 429. The Kier molecular flexibility index (Phi) is 7.21. The van der Waals surface area contributed by atoms with Gasteiger partial charge in [0.25, 0.3) is 0 Å². The molecule has 2 N–H and O–H groups in total. The van der Waals surface area contributed by atoms with Gasteiger partial charge in [0, 0.05) is 35.6 Å². The van der Waals surface area contributed by atoms with Gasteiger partial charge in [-0.05, 0) is 13.3 Å². The van der Waals surface area contributed by atoms with Crippen molar-refractivity contribution >= 4 is 35.4 Å². The summed E-state index contributed by atoms with van der Waals surface area (Å²) in [4.78, 5) is 13.0. The summed E-state index contributed by atoms with van der Waals surface area (Å²) in [5.41, 5.74) is 0. The highest BCUT2D eigenvalue weighted by molar-refractivity contribution is 8.06. The van der Waals surface area contributed by atoms with Crippen molar-refractivity contribution in [2.75, 3.05) is 47.6 Å². The minimum absolute atomic E-state index is 0.385. The highest BCUT2D eigenvalue weighted by Crippen LogP contribution is 2.24. The molecule has 6 nitrogen and oxygen atoms in total. The number of thioether (sulfide) groups is 2. The Morgan fingerprint density at radius 3 is 2.62 bits per heavy atom. The number of hydrogen-bond donors (Lipinski definition) is 2. The van der Waals surface area contributed by atoms with Gasteiger partial charge in [0.05, 0.1) is 6.61 Å². The number of nitrogens with zero attached hydrogens (tertiary/aromatic N) is 3. The Morgan fingerprint density at radius 2 is 1.95 bits per heavy atom. The standard InChI is InChI=1S/C13H23N5OS2/c1-3-5-19-13-17-11(14-4-2)16-12(18-13)15-8-10-9-20-6-7-21-10/h10H,3-9H2,1-2H3,(H2,14,15,16,17,18). The fourth-order valence-electron chi connectivity index (χ4n) is 1.79. The molecule has 2 heterocycles. The van der Waals surface area contributed by atoms with E-state index in [1.54, 1.807) is 0 Å². The second-order valence-electron chi connectivity index (χ2n) is 4.59. The average molecular weight is 329 g/mol. The molecule has 1 aromatic rings. The molecule has 0 spiro atoms. The maximum Gasteiger partial charge on any atom is 0.323 e. The van der Waals surface area contributed by atoms with Gasteiger partial charge in [-0.25, -0.2) is 0 Å². The summed E-state index contributed by atoms with van der Waals surface area (Å²) in [6.07, 6.45) is 0.931. The van der Waals surface area contributed by atoms with Crippen LogP contribution in [-0.2, 0) is 0 Å². The zero-order valence-electron chi connectivity index (χ0n) is 12.6. The molecule has 0 radical (unpaired) electrons. The third-order valence-corrected chi connectivity index (χ3v) is 5.60. The predicted molar refractivity (Wildman–Crippen MR) is 91.8 cm³/mol. The van der Waals surface area contributed by atoms with Crippen LogP contribution in [0.4, 0.5) is 11.9 Å². The third-order valence-electron chi connectivity index (χ3n) is 2.76. The molecule has 1 atom stereocenters. The molecule has 21 heavy (non-hydrogen) atoms. The van der Waals surface area contributed by atoms with Gasteiger partial charge in [-0.15, -0.1) is 0 Å². The van der Waals surface area contributed by atoms with E-state index in [1.165, 1.54) is 17.3 Å². The number of nitrogens with one attached hydrogen (secondary N) is 2. The van der Waals surface area contributed by atoms with E-state index in [0.29, 0.717) is 29.8 Å². The lowest BCUT2D eigenvalue weighted by atomic mass is 10.5. The van der Waals surface area contributed by atoms with Gasteiger partial charge in [-0.1, -0.05) is 6.92 Å². The Labute approximate surface area is 134 Å². The largest absolute Gasteiger partial charge is 0.463 e. The van der Waals surface area contributed by atoms with Crippen LogP contribution in [0, 0.1) is 0 Å². The van der Waals surface area contributed by atoms with Gasteiger partial charge >= 0.3 is 6.01 Å². The Morgan fingerprint density at radius 1 is 1.14 bits per heavy atom. The van der Waals surface area contributed by atoms with E-state index >= 15 is 0 Å². The molecule has 1 unspecified atom stereocenters. The zero-order chi connectivity index (χ0) is 14.9. The molecule has 0 amide bonds. The van der Waals surface area contributed by atoms with E-state index in [9.17, 15) is 0 Å². The molecule has 8 heteroatoms. The number of aromatic nitrogens is 3. The molecule has 0 aliphatic carbocycles. The van der Waals surface area contributed by atoms with Crippen LogP contribution in [0.1, 0.15) is 20.3 Å². The summed E-state index contributed by atoms with van der Waals surface area (Å²) in [7, 11) is 0. The topological polar surface area (TPSA) is 72.0 Å². The number of hydrogen-bond acceptors (Lipinski definition) is 8. The molecule has 1 fully saturated rings. The maximum atomic E-state index is 5.52. The van der Waals surface area contributed by atoms with Crippen molar-refractivity contribution in [1.82, 2.24) is 15.0 Å². The van der Waals surface area contributed by atoms with Crippen molar-refractivity contribution in [2.45, 2.75) is 25.5 Å². The van der Waals surface area contributed by atoms with Crippen molar-refractivity contribution in [2.24, 2.45) is 0 Å². The second-order valence-corrected chi connectivity index (χ2v) is 7.15. The minimum atomic E-state index is 0.385. The molecule has 1 aromatic heterocycles. The highest BCUT2D eigenvalue weighted by Gasteiger charge is 2.15. The van der Waals surface area contributed by atoms with Crippen LogP contribution in [-0.4, -0.2) is 57.2 Å². The summed E-state index contributed by atoms with van der Waals surface area (Å²) in [5.74, 6) is 4.81. The summed E-state index contributed by atoms with van der Waals surface area (Å²) < 4.78 is 5.52. The summed E-state index contributed by atoms with van der Waals surface area (Å²) in [6, 6.07) is 0.385. The van der Waals surface area contributed by atoms with Gasteiger partial charge in [0.2, 0.25) is 11.9 Å². The first-order valence-electron chi connectivity index (χ1n) is 7.37. The van der Waals surface area contributed by atoms with Crippen LogP contribution in [0.25, 0.3) is 0 Å². The average Bonchev–Trinajstić information content (AvgIpc) is 2.52. The molecule has 1 saturated heterocycles. The van der Waals surface area contributed by atoms with Crippen LogP contribution < -0.4 is 15.4 Å². The lowest BCUT2D eigenvalue weighted by molar-refractivity contribution is 0.292. The fourth-order valence-corrected chi connectivity index (χ4v) is 4.40. The van der Waals surface area contributed by atoms with E-state index in [-0.39, 0.29) is 0 Å². The quantitative estimate of drug-likeness (QED) is 0.753. The molecule has 0 saturated carbocycles. The van der Waals surface area contributed by atoms with Crippen LogP contribution in [0.3, 0.4) is 0 Å². The monoisotopic (exact) mass is 329 g/mol. The van der Waals surface area contributed by atoms with Gasteiger partial charge in [-0.3, -0.25) is 0 Å². The van der Waals surface area contributed by atoms with Crippen LogP contribution >= 0.6 is 23.5 Å². The Balaban J connectivity index is 1.96. The lowest BCUT2D eigenvalue weighted by Gasteiger charge is -2.21. The van der Waals surface area contributed by atoms with E-state index in [2.05, 4.69) is 32.5 Å². The molecule has 1 aliphatic rings. The van der Waals surface area contributed by atoms with Crippen molar-refractivity contribution in [1.29, 1.82) is 0 Å². The highest BCUT2D eigenvalue weighted by atomic mass is 32.2. The lowest BCUT2D eigenvalue weighted by Crippen LogP contribution is -2.24. The van der Waals surface area contributed by atoms with E-state index in [0.717, 1.165) is 19.5 Å². The van der Waals surface area contributed by atoms with Gasteiger partial charge in [0.1, 0.15) is 0 Å². The number of anilines is 2. The number of ether oxygens (including phenoxy) is 1. The van der Waals surface area contributed by atoms with Crippen LogP contribution in [0.5, 0.6) is 6.01 Å². The van der Waals surface area contributed by atoms with Crippen molar-refractivity contribution in [3.05, 3.63) is 0 Å². The Hall–Kier alpha value is -0.890. The van der Waals surface area contributed by atoms with Crippen molar-refractivity contribution in [3.63, 3.8) is 0 Å². The van der Waals surface area contributed by atoms with Gasteiger partial charge < -0.3 is 15.4 Å². The fraction of sp³-hybridized carbons (Fsp3) is 0.769. The minimum Gasteiger partial charge on any atom is -0.463 e. The van der Waals surface area contributed by atoms with Gasteiger partial charge in [0.15, 0.2) is 0 Å². The summed E-state index contributed by atoms with van der Waals surface area (Å²) in [5, 5.41) is 7.04. The molecule has 0 aromatic carbocycles. The van der Waals surface area contributed by atoms with Crippen molar-refractivity contribution in [3.8, 4) is 6.01 Å². The zero-order valence-corrected chi connectivity index (χ0v) is 14.2. The molecule has 2 rings (SSSR count). The SMILES string of the molecule is CCCOc1nc(NCC)nc(NCC2CSCCS2)n1. The molecule has 0 bridgehead atoms. The first-order chi connectivity index (χ1) is 10.3. The molecule has 1 aliphatic heterocycles. The molecular weight excluding hydrogens is 306 g/mol. The second kappa shape index (κ2) is 9.19. The molecular formula is C13H23N5OS2. The van der Waals surface area contributed by atoms with Crippen molar-refractivity contribution < 1.29 is 4.74 Å². The van der Waals surface area contributed by atoms with E-state index in [4.69, 9.17) is 4.74 Å². The van der Waals surface area contributed by atoms with Crippen LogP contribution in [0.15, 0.2) is 0 Å². The summed E-state index contributed by atoms with van der Waals surface area (Å²) >= 11 is 4.03. The normalized spacial score (nSPS) is 18.3. The first kappa shape index (κ1) is 16.5.